The first-order chi connectivity index (χ1) is 8.35. The molecule has 0 aliphatic carbocycles. The number of nitrogens with zero attached hydrogens (tertiary/aromatic N) is 2. The number of nitrogens with one attached hydrogen (secondary N) is 1. The van der Waals surface area contributed by atoms with Crippen LogP contribution in [0.15, 0.2) is 4.47 Å². The Morgan fingerprint density at radius 2 is 2.06 bits per heavy atom. The van der Waals surface area contributed by atoms with Gasteiger partial charge < -0.3 is 5.32 Å². The van der Waals surface area contributed by atoms with Gasteiger partial charge in [0, 0.05) is 20.0 Å². The van der Waals surface area contributed by atoms with Crippen molar-refractivity contribution in [2.24, 2.45) is 7.05 Å². The van der Waals surface area contributed by atoms with Crippen LogP contribution in [0.3, 0.4) is 0 Å². The van der Waals surface area contributed by atoms with Crippen LogP contribution < -0.4 is 5.32 Å². The fraction of sp³-hybridized carbons (Fsp3) is 0.727. The Bertz CT molecular complexity index is 388. The summed E-state index contributed by atoms with van der Waals surface area (Å²) in [7, 11) is 1.83. The average molecular weight is 328 g/mol. The third-order valence-electron chi connectivity index (χ3n) is 2.61. The van der Waals surface area contributed by atoms with Crippen LogP contribution in [0, 0.1) is 0 Å². The van der Waals surface area contributed by atoms with E-state index in [0.717, 1.165) is 22.3 Å². The number of hydrogen-bond donors (Lipinski definition) is 1. The molecule has 1 rings (SSSR count). The first-order valence-electron chi connectivity index (χ1n) is 5.83. The Morgan fingerprint density at radius 3 is 2.56 bits per heavy atom. The zero-order valence-electron chi connectivity index (χ0n) is 10.4. The summed E-state index contributed by atoms with van der Waals surface area (Å²) in [6, 6.07) is 0. The standard InChI is InChI=1S/C11H17BrF3N3/c1-3-8-10(12)9(18(2)17-8)7-16-6-4-5-11(13,14)15/h16H,3-7H2,1-2H3. The van der Waals surface area contributed by atoms with Crippen LogP contribution in [0.4, 0.5) is 13.2 Å². The predicted molar refractivity (Wildman–Crippen MR) is 67.3 cm³/mol. The highest BCUT2D eigenvalue weighted by Crippen LogP contribution is 2.22. The summed E-state index contributed by atoms with van der Waals surface area (Å²) in [4.78, 5) is 0. The second kappa shape index (κ2) is 6.56. The normalized spacial score (nSPS) is 12.1. The lowest BCUT2D eigenvalue weighted by molar-refractivity contribution is -0.135. The molecule has 0 spiro atoms. The van der Waals surface area contributed by atoms with Crippen molar-refractivity contribution in [2.45, 2.75) is 38.9 Å². The van der Waals surface area contributed by atoms with E-state index in [1.807, 2.05) is 14.0 Å². The second-order valence-corrected chi connectivity index (χ2v) is 4.87. The van der Waals surface area contributed by atoms with Crippen molar-refractivity contribution in [3.63, 3.8) is 0 Å². The fourth-order valence-electron chi connectivity index (χ4n) is 1.63. The van der Waals surface area contributed by atoms with E-state index in [-0.39, 0.29) is 6.42 Å². The molecular formula is C11H17BrF3N3. The Kier molecular flexibility index (Phi) is 5.65. The highest BCUT2D eigenvalue weighted by molar-refractivity contribution is 9.10. The van der Waals surface area contributed by atoms with Gasteiger partial charge in [-0.1, -0.05) is 6.92 Å². The highest BCUT2D eigenvalue weighted by atomic mass is 79.9. The van der Waals surface area contributed by atoms with E-state index in [1.165, 1.54) is 0 Å². The zero-order chi connectivity index (χ0) is 13.8. The molecule has 18 heavy (non-hydrogen) atoms. The average Bonchev–Trinajstić information content (AvgIpc) is 2.53. The van der Waals surface area contributed by atoms with Gasteiger partial charge in [-0.3, -0.25) is 4.68 Å². The molecule has 0 bridgehead atoms. The van der Waals surface area contributed by atoms with Gasteiger partial charge in [-0.2, -0.15) is 18.3 Å². The van der Waals surface area contributed by atoms with Crippen molar-refractivity contribution in [1.29, 1.82) is 0 Å². The third kappa shape index (κ3) is 4.61. The molecule has 0 aliphatic rings. The van der Waals surface area contributed by atoms with Crippen molar-refractivity contribution in [2.75, 3.05) is 6.54 Å². The van der Waals surface area contributed by atoms with Gasteiger partial charge >= 0.3 is 6.18 Å². The molecule has 1 aromatic heterocycles. The van der Waals surface area contributed by atoms with Gasteiger partial charge in [0.05, 0.1) is 15.9 Å². The Hall–Kier alpha value is -0.560. The first kappa shape index (κ1) is 15.5. The summed E-state index contributed by atoms with van der Waals surface area (Å²) in [5.74, 6) is 0. The predicted octanol–water partition coefficient (Wildman–Crippen LogP) is 3.18. The fourth-order valence-corrected chi connectivity index (χ4v) is 2.39. The number of rotatable bonds is 6. The summed E-state index contributed by atoms with van der Waals surface area (Å²) in [6.07, 6.45) is -3.89. The maximum atomic E-state index is 11.9. The monoisotopic (exact) mass is 327 g/mol. The summed E-state index contributed by atoms with van der Waals surface area (Å²) in [5, 5.41) is 7.32. The van der Waals surface area contributed by atoms with Crippen LogP contribution in [-0.4, -0.2) is 22.5 Å². The Balaban J connectivity index is 2.38. The van der Waals surface area contributed by atoms with Crippen LogP contribution in [-0.2, 0) is 20.0 Å². The largest absolute Gasteiger partial charge is 0.389 e. The first-order valence-corrected chi connectivity index (χ1v) is 6.62. The van der Waals surface area contributed by atoms with Gasteiger partial charge in [-0.05, 0) is 35.3 Å². The molecule has 0 atom stereocenters. The van der Waals surface area contributed by atoms with Gasteiger partial charge in [-0.25, -0.2) is 0 Å². The van der Waals surface area contributed by atoms with Crippen LogP contribution in [0.2, 0.25) is 0 Å². The quantitative estimate of drug-likeness (QED) is 0.813. The van der Waals surface area contributed by atoms with Crippen LogP contribution in [0.25, 0.3) is 0 Å². The van der Waals surface area contributed by atoms with Crippen LogP contribution in [0.5, 0.6) is 0 Å². The SMILES string of the molecule is CCc1nn(C)c(CNCCCC(F)(F)F)c1Br. The molecule has 0 amide bonds. The molecule has 1 N–H and O–H groups in total. The lowest BCUT2D eigenvalue weighted by Crippen LogP contribution is -2.19. The molecule has 0 aliphatic heterocycles. The molecule has 104 valence electrons. The van der Waals surface area contributed by atoms with E-state index in [2.05, 4.69) is 26.3 Å². The van der Waals surface area contributed by atoms with E-state index in [1.54, 1.807) is 4.68 Å². The van der Waals surface area contributed by atoms with Crippen LogP contribution >= 0.6 is 15.9 Å². The summed E-state index contributed by atoms with van der Waals surface area (Å²) in [5.41, 5.74) is 1.92. The molecule has 1 aromatic rings. The van der Waals surface area contributed by atoms with Gasteiger partial charge in [0.15, 0.2) is 0 Å². The number of aryl methyl sites for hydroxylation is 2. The van der Waals surface area contributed by atoms with Gasteiger partial charge in [-0.15, -0.1) is 0 Å². The van der Waals surface area contributed by atoms with Crippen molar-refractivity contribution in [3.8, 4) is 0 Å². The van der Waals surface area contributed by atoms with E-state index in [4.69, 9.17) is 0 Å². The molecular weight excluding hydrogens is 311 g/mol. The summed E-state index contributed by atoms with van der Waals surface area (Å²) in [6.45, 7) is 2.87. The van der Waals surface area contributed by atoms with Crippen molar-refractivity contribution >= 4 is 15.9 Å². The number of alkyl halides is 3. The topological polar surface area (TPSA) is 29.9 Å². The maximum absolute atomic E-state index is 11.9. The van der Waals surface area contributed by atoms with E-state index in [9.17, 15) is 13.2 Å². The number of hydrogen-bond acceptors (Lipinski definition) is 2. The Morgan fingerprint density at radius 1 is 1.39 bits per heavy atom. The van der Waals surface area contributed by atoms with Crippen LogP contribution in [0.1, 0.15) is 31.2 Å². The molecule has 0 fully saturated rings. The zero-order valence-corrected chi connectivity index (χ0v) is 12.0. The Labute approximate surface area is 113 Å². The van der Waals surface area contributed by atoms with Crippen molar-refractivity contribution in [1.82, 2.24) is 15.1 Å². The lowest BCUT2D eigenvalue weighted by atomic mass is 10.3. The summed E-state index contributed by atoms with van der Waals surface area (Å²) < 4.78 is 38.5. The second-order valence-electron chi connectivity index (χ2n) is 4.08. The van der Waals surface area contributed by atoms with Crippen molar-refractivity contribution < 1.29 is 13.2 Å². The molecule has 0 radical (unpaired) electrons. The maximum Gasteiger partial charge on any atom is 0.389 e. The van der Waals surface area contributed by atoms with Gasteiger partial charge in [0.1, 0.15) is 0 Å². The van der Waals surface area contributed by atoms with Gasteiger partial charge in [0.25, 0.3) is 0 Å². The van der Waals surface area contributed by atoms with Gasteiger partial charge in [0.2, 0.25) is 0 Å². The molecule has 7 heteroatoms. The molecule has 0 saturated heterocycles. The van der Waals surface area contributed by atoms with E-state index in [0.29, 0.717) is 13.1 Å². The molecule has 3 nitrogen and oxygen atoms in total. The minimum Gasteiger partial charge on any atom is -0.311 e. The van der Waals surface area contributed by atoms with Crippen molar-refractivity contribution in [3.05, 3.63) is 15.9 Å². The smallest absolute Gasteiger partial charge is 0.311 e. The number of aromatic nitrogens is 2. The summed E-state index contributed by atoms with van der Waals surface area (Å²) >= 11 is 3.46. The molecule has 0 saturated carbocycles. The third-order valence-corrected chi connectivity index (χ3v) is 3.52. The number of halogens is 4. The highest BCUT2D eigenvalue weighted by Gasteiger charge is 2.25. The van der Waals surface area contributed by atoms with E-state index < -0.39 is 12.6 Å². The molecule has 0 unspecified atom stereocenters. The van der Waals surface area contributed by atoms with E-state index >= 15 is 0 Å². The lowest BCUT2D eigenvalue weighted by Gasteiger charge is -2.08. The minimum absolute atomic E-state index is 0.0968. The molecule has 0 aromatic carbocycles. The molecule has 1 heterocycles. The minimum atomic E-state index is -4.07.